The zero-order valence-corrected chi connectivity index (χ0v) is 22.0. The first-order chi connectivity index (χ1) is 16.6. The minimum absolute atomic E-state index is 0.118. The molecule has 1 heterocycles. The van der Waals surface area contributed by atoms with Gasteiger partial charge in [0.1, 0.15) is 22.9 Å². The molecule has 0 fully saturated rings. The third-order valence-electron chi connectivity index (χ3n) is 6.07. The third-order valence-corrected chi connectivity index (χ3v) is 7.34. The number of hydrogen-bond acceptors (Lipinski definition) is 4. The van der Waals surface area contributed by atoms with Crippen LogP contribution in [0.2, 0.25) is 10.0 Å². The van der Waals surface area contributed by atoms with Crippen LogP contribution in [0.15, 0.2) is 71.7 Å². The van der Waals surface area contributed by atoms with Crippen LogP contribution in [-0.2, 0) is 15.3 Å². The van der Waals surface area contributed by atoms with Gasteiger partial charge in [-0.1, -0.05) is 59.1 Å². The summed E-state index contributed by atoms with van der Waals surface area (Å²) in [6.45, 7) is 5.75. The average molecular weight is 532 g/mol. The predicted molar refractivity (Wildman–Crippen MR) is 141 cm³/mol. The number of carbonyl (C=O) groups is 1. The van der Waals surface area contributed by atoms with Gasteiger partial charge in [0, 0.05) is 16.1 Å². The van der Waals surface area contributed by atoms with E-state index >= 15 is 0 Å². The van der Waals surface area contributed by atoms with Gasteiger partial charge < -0.3 is 9.47 Å². The number of rotatable bonds is 7. The molecule has 1 amide bonds. The molecular weight excluding hydrogens is 507 g/mol. The molecule has 3 aromatic rings. The van der Waals surface area contributed by atoms with E-state index in [0.717, 1.165) is 5.56 Å². The number of hydrogen-bond donors (Lipinski definition) is 0. The second kappa shape index (κ2) is 9.73. The Morgan fingerprint density at radius 3 is 2.03 bits per heavy atom. The molecule has 0 aliphatic carbocycles. The molecule has 0 unspecified atom stereocenters. The van der Waals surface area contributed by atoms with Crippen LogP contribution < -0.4 is 9.47 Å². The van der Waals surface area contributed by atoms with Crippen molar-refractivity contribution in [2.75, 3.05) is 7.11 Å². The monoisotopic (exact) mass is 530 g/mol. The Morgan fingerprint density at radius 1 is 0.943 bits per heavy atom. The van der Waals surface area contributed by atoms with Crippen LogP contribution in [0.5, 0.6) is 11.5 Å². The molecule has 0 saturated heterocycles. The summed E-state index contributed by atoms with van der Waals surface area (Å²) in [5.41, 5.74) is 0.974. The van der Waals surface area contributed by atoms with Crippen molar-refractivity contribution in [3.8, 4) is 11.5 Å². The first-order valence-corrected chi connectivity index (χ1v) is 12.2. The number of methoxy groups -OCH3 is 1. The molecule has 182 valence electrons. The SMILES string of the molecule is COc1ccc(C2=N[C@@](C)(c3ccc(Cl)cc3)[C@](Cl)(c3ccc(Cl)cc3)N2C=O)c(OC(C)C)c1. The molecule has 3 aromatic carbocycles. The maximum Gasteiger partial charge on any atom is 0.217 e. The van der Waals surface area contributed by atoms with Crippen molar-refractivity contribution in [2.45, 2.75) is 37.4 Å². The van der Waals surface area contributed by atoms with Crippen molar-refractivity contribution in [2.24, 2.45) is 4.99 Å². The topological polar surface area (TPSA) is 51.1 Å². The van der Waals surface area contributed by atoms with Crippen molar-refractivity contribution >= 4 is 47.0 Å². The summed E-state index contributed by atoms with van der Waals surface area (Å²) < 4.78 is 11.5. The molecule has 0 radical (unpaired) electrons. The molecule has 2 atom stereocenters. The standard InChI is InChI=1S/C27H25Cl3N2O3/c1-17(2)35-24-15-22(34-4)13-14-23(24)25-31-26(3,18-5-9-20(28)10-6-18)27(30,32(25)16-33)19-7-11-21(29)12-8-19/h5-17H,1-4H3/t26-,27-/m0/s1. The molecular formula is C27H25Cl3N2O3. The van der Waals surface area contributed by atoms with Crippen LogP contribution in [0.3, 0.4) is 0 Å². The number of ether oxygens (including phenoxy) is 2. The number of benzene rings is 3. The Labute approximate surface area is 220 Å². The highest BCUT2D eigenvalue weighted by molar-refractivity contribution is 6.31. The Morgan fingerprint density at radius 2 is 1.51 bits per heavy atom. The van der Waals surface area contributed by atoms with Gasteiger partial charge in [0.25, 0.3) is 0 Å². The van der Waals surface area contributed by atoms with Gasteiger partial charge in [-0.3, -0.25) is 14.7 Å². The summed E-state index contributed by atoms with van der Waals surface area (Å²) in [4.78, 5) is 17.9. The van der Waals surface area contributed by atoms with Crippen molar-refractivity contribution in [3.63, 3.8) is 0 Å². The van der Waals surface area contributed by atoms with Crippen LogP contribution >= 0.6 is 34.8 Å². The lowest BCUT2D eigenvalue weighted by molar-refractivity contribution is -0.117. The molecule has 0 N–H and O–H groups in total. The fourth-order valence-electron chi connectivity index (χ4n) is 4.32. The van der Waals surface area contributed by atoms with Crippen LogP contribution in [0.25, 0.3) is 0 Å². The largest absolute Gasteiger partial charge is 0.497 e. The number of carbonyl (C=O) groups excluding carboxylic acids is 1. The van der Waals surface area contributed by atoms with Gasteiger partial charge in [-0.2, -0.15) is 0 Å². The Balaban J connectivity index is 1.99. The Bertz CT molecular complexity index is 1260. The van der Waals surface area contributed by atoms with E-state index in [1.54, 1.807) is 55.6 Å². The lowest BCUT2D eigenvalue weighted by Gasteiger charge is -2.41. The normalized spacial score (nSPS) is 21.7. The third kappa shape index (κ3) is 4.37. The predicted octanol–water partition coefficient (Wildman–Crippen LogP) is 7.02. The van der Waals surface area contributed by atoms with E-state index in [9.17, 15) is 4.79 Å². The minimum Gasteiger partial charge on any atom is -0.497 e. The second-order valence-electron chi connectivity index (χ2n) is 8.65. The van der Waals surface area contributed by atoms with Gasteiger partial charge in [-0.15, -0.1) is 0 Å². The summed E-state index contributed by atoms with van der Waals surface area (Å²) >= 11 is 19.8. The van der Waals surface area contributed by atoms with Gasteiger partial charge in [0.15, 0.2) is 5.00 Å². The van der Waals surface area contributed by atoms with E-state index in [2.05, 4.69) is 0 Å². The van der Waals surface area contributed by atoms with Crippen LogP contribution in [0.1, 0.15) is 37.5 Å². The highest BCUT2D eigenvalue weighted by Gasteiger charge is 2.60. The van der Waals surface area contributed by atoms with Gasteiger partial charge in [0.2, 0.25) is 6.41 Å². The summed E-state index contributed by atoms with van der Waals surface area (Å²) in [5.74, 6) is 1.53. The number of amides is 1. The lowest BCUT2D eigenvalue weighted by atomic mass is 9.81. The fraction of sp³-hybridized carbons (Fsp3) is 0.259. The number of halogens is 3. The molecule has 0 spiro atoms. The van der Waals surface area contributed by atoms with Crippen molar-refractivity contribution in [3.05, 3.63) is 93.5 Å². The van der Waals surface area contributed by atoms with Crippen molar-refractivity contribution in [1.82, 2.24) is 4.90 Å². The van der Waals surface area contributed by atoms with E-state index in [1.807, 2.05) is 39.0 Å². The highest BCUT2D eigenvalue weighted by Crippen LogP contribution is 2.55. The first-order valence-electron chi connectivity index (χ1n) is 11.0. The quantitative estimate of drug-likeness (QED) is 0.187. The maximum atomic E-state index is 12.7. The molecule has 1 aliphatic rings. The van der Waals surface area contributed by atoms with Gasteiger partial charge in [-0.05, 0) is 68.3 Å². The molecule has 5 nitrogen and oxygen atoms in total. The van der Waals surface area contributed by atoms with Crippen LogP contribution in [-0.4, -0.2) is 30.4 Å². The van der Waals surface area contributed by atoms with E-state index in [4.69, 9.17) is 49.3 Å². The van der Waals surface area contributed by atoms with E-state index in [1.165, 1.54) is 4.90 Å². The minimum atomic E-state index is -1.41. The van der Waals surface area contributed by atoms with E-state index in [0.29, 0.717) is 44.9 Å². The molecule has 0 saturated carbocycles. The molecule has 1 aliphatic heterocycles. The fourth-order valence-corrected chi connectivity index (χ4v) is 4.97. The van der Waals surface area contributed by atoms with Gasteiger partial charge in [-0.25, -0.2) is 0 Å². The van der Waals surface area contributed by atoms with Gasteiger partial charge >= 0.3 is 0 Å². The van der Waals surface area contributed by atoms with Crippen molar-refractivity contribution in [1.29, 1.82) is 0 Å². The summed E-state index contributed by atoms with van der Waals surface area (Å²) in [7, 11) is 1.58. The number of aliphatic imine (C=N–C) groups is 1. The van der Waals surface area contributed by atoms with Gasteiger partial charge in [0.05, 0.1) is 18.8 Å². The highest BCUT2D eigenvalue weighted by atomic mass is 35.5. The second-order valence-corrected chi connectivity index (χ2v) is 10.1. The summed E-state index contributed by atoms with van der Waals surface area (Å²) in [5, 5.41) is 1.14. The van der Waals surface area contributed by atoms with E-state index in [-0.39, 0.29) is 6.10 Å². The molecule has 35 heavy (non-hydrogen) atoms. The molecule has 4 rings (SSSR count). The maximum absolute atomic E-state index is 12.7. The number of nitrogens with zero attached hydrogens (tertiary/aromatic N) is 2. The van der Waals surface area contributed by atoms with Crippen molar-refractivity contribution < 1.29 is 14.3 Å². The number of amidine groups is 1. The first kappa shape index (κ1) is 25.4. The average Bonchev–Trinajstić information content (AvgIpc) is 3.07. The summed E-state index contributed by atoms with van der Waals surface area (Å²) in [6, 6.07) is 19.8. The Kier molecular flexibility index (Phi) is 7.05. The molecule has 0 bridgehead atoms. The molecule has 0 aromatic heterocycles. The lowest BCUT2D eigenvalue weighted by Crippen LogP contribution is -2.50. The number of alkyl halides is 1. The van der Waals surface area contributed by atoms with Crippen LogP contribution in [0.4, 0.5) is 0 Å². The van der Waals surface area contributed by atoms with Crippen LogP contribution in [0, 0.1) is 0 Å². The molecule has 8 heteroatoms. The van der Waals surface area contributed by atoms with E-state index < -0.39 is 10.5 Å². The zero-order chi connectivity index (χ0) is 25.4. The Hall–Kier alpha value is -2.73. The zero-order valence-electron chi connectivity index (χ0n) is 19.8. The smallest absolute Gasteiger partial charge is 0.217 e. The summed E-state index contributed by atoms with van der Waals surface area (Å²) in [6.07, 6.45) is 0.581.